The van der Waals surface area contributed by atoms with E-state index in [1.807, 2.05) is 37.3 Å². The topological polar surface area (TPSA) is 113 Å². The van der Waals surface area contributed by atoms with Crippen LogP contribution in [0.4, 0.5) is 11.5 Å². The third-order valence-corrected chi connectivity index (χ3v) is 7.47. The van der Waals surface area contributed by atoms with Gasteiger partial charge in [-0.2, -0.15) is 5.10 Å². The number of nitrogens with one attached hydrogen (secondary N) is 2. The summed E-state index contributed by atoms with van der Waals surface area (Å²) >= 11 is 1.61. The molecule has 6 rings (SSSR count). The van der Waals surface area contributed by atoms with E-state index >= 15 is 0 Å². The maximum Gasteiger partial charge on any atom is 0.259 e. The number of carbonyl (C=O) groups excluding carboxylic acids is 1. The van der Waals surface area contributed by atoms with E-state index in [9.17, 15) is 4.79 Å². The van der Waals surface area contributed by atoms with Crippen molar-refractivity contribution in [2.45, 2.75) is 31.8 Å². The number of aromatic nitrogens is 3. The van der Waals surface area contributed by atoms with Gasteiger partial charge in [-0.3, -0.25) is 10.2 Å². The predicted molar refractivity (Wildman–Crippen MR) is 156 cm³/mol. The number of hydrazone groups is 1. The Hall–Kier alpha value is -4.75. The second kappa shape index (κ2) is 10.2. The first-order valence-electron chi connectivity index (χ1n) is 12.6. The zero-order chi connectivity index (χ0) is 26.9. The molecule has 0 spiro atoms. The fourth-order valence-corrected chi connectivity index (χ4v) is 5.40. The van der Waals surface area contributed by atoms with Crippen LogP contribution in [0.15, 0.2) is 77.8 Å². The van der Waals surface area contributed by atoms with Gasteiger partial charge in [0.1, 0.15) is 5.56 Å². The Morgan fingerprint density at radius 2 is 2.03 bits per heavy atom. The Labute approximate surface area is 230 Å². The molecule has 0 bridgehead atoms. The van der Waals surface area contributed by atoms with Crippen LogP contribution in [0.1, 0.15) is 40.9 Å². The molecule has 2 aliphatic rings. The number of para-hydroxylation sites is 1. The van der Waals surface area contributed by atoms with E-state index in [4.69, 9.17) is 5.73 Å². The second-order valence-electron chi connectivity index (χ2n) is 9.26. The van der Waals surface area contributed by atoms with Crippen LogP contribution in [0.25, 0.3) is 11.7 Å². The number of hydrogen-bond donors (Lipinski definition) is 3. The summed E-state index contributed by atoms with van der Waals surface area (Å²) in [5.74, 6) is 6.35. The van der Waals surface area contributed by atoms with Gasteiger partial charge in [-0.1, -0.05) is 48.0 Å². The maximum atomic E-state index is 13.4. The Balaban J connectivity index is 1.35. The Morgan fingerprint density at radius 3 is 2.82 bits per heavy atom. The van der Waals surface area contributed by atoms with Crippen LogP contribution in [0.2, 0.25) is 0 Å². The van der Waals surface area contributed by atoms with E-state index in [0.29, 0.717) is 12.2 Å². The lowest BCUT2D eigenvalue weighted by atomic mass is 9.94. The minimum absolute atomic E-state index is 0.138. The molecule has 0 aliphatic carbocycles. The van der Waals surface area contributed by atoms with E-state index in [-0.39, 0.29) is 28.7 Å². The fraction of sp³-hybridized carbons (Fsp3) is 0.172. The molecule has 9 nitrogen and oxygen atoms in total. The molecule has 1 amide bonds. The number of fused-ring (bicyclic) bond motifs is 2. The van der Waals surface area contributed by atoms with E-state index in [0.717, 1.165) is 33.1 Å². The molecular formula is C29H26N8OS. The SMILES string of the molecule is CC1NN=C(C#Cc2cccc3c2CN(c2ccccc2)C(C(C)NC(=O)c2c(N)nn4cccnc24)=C3)S1. The van der Waals surface area contributed by atoms with Gasteiger partial charge in [-0.05, 0) is 61.2 Å². The summed E-state index contributed by atoms with van der Waals surface area (Å²) < 4.78 is 1.51. The van der Waals surface area contributed by atoms with Crippen LogP contribution in [-0.2, 0) is 6.54 Å². The summed E-state index contributed by atoms with van der Waals surface area (Å²) in [4.78, 5) is 19.9. The number of amides is 1. The van der Waals surface area contributed by atoms with Crippen molar-refractivity contribution in [2.75, 3.05) is 10.6 Å². The summed E-state index contributed by atoms with van der Waals surface area (Å²) in [7, 11) is 0. The molecule has 4 aromatic rings. The predicted octanol–water partition coefficient (Wildman–Crippen LogP) is 3.84. The van der Waals surface area contributed by atoms with E-state index in [1.165, 1.54) is 4.52 Å². The van der Waals surface area contributed by atoms with Crippen LogP contribution in [0.5, 0.6) is 0 Å². The second-order valence-corrected chi connectivity index (χ2v) is 10.6. The smallest absolute Gasteiger partial charge is 0.259 e. The van der Waals surface area contributed by atoms with Gasteiger partial charge in [0, 0.05) is 35.9 Å². The molecule has 2 aromatic carbocycles. The first-order valence-corrected chi connectivity index (χ1v) is 13.4. The van der Waals surface area contributed by atoms with Gasteiger partial charge in [0.05, 0.1) is 11.4 Å². The largest absolute Gasteiger partial charge is 0.381 e. The number of nitrogens with zero attached hydrogens (tertiary/aromatic N) is 5. The third-order valence-electron chi connectivity index (χ3n) is 6.59. The molecule has 10 heteroatoms. The average molecular weight is 535 g/mol. The first kappa shape index (κ1) is 24.6. The number of benzene rings is 2. The highest BCUT2D eigenvalue weighted by atomic mass is 32.2. The maximum absolute atomic E-state index is 13.4. The van der Waals surface area contributed by atoms with Crippen molar-refractivity contribution in [2.24, 2.45) is 5.10 Å². The van der Waals surface area contributed by atoms with E-state index < -0.39 is 0 Å². The number of nitrogen functional groups attached to an aromatic ring is 1. The Bertz CT molecular complexity index is 1700. The number of nitrogens with two attached hydrogens (primary N) is 1. The Kier molecular flexibility index (Phi) is 6.42. The summed E-state index contributed by atoms with van der Waals surface area (Å²) in [6, 6.07) is 17.7. The molecule has 0 saturated carbocycles. The highest BCUT2D eigenvalue weighted by Gasteiger charge is 2.28. The van der Waals surface area contributed by atoms with E-state index in [2.05, 4.69) is 73.9 Å². The summed E-state index contributed by atoms with van der Waals surface area (Å²) in [5.41, 5.74) is 14.9. The third kappa shape index (κ3) is 4.80. The van der Waals surface area contributed by atoms with Crippen molar-refractivity contribution in [3.8, 4) is 11.8 Å². The summed E-state index contributed by atoms with van der Waals surface area (Å²) in [6.45, 7) is 4.62. The number of anilines is 2. The fourth-order valence-electron chi connectivity index (χ4n) is 4.74. The minimum atomic E-state index is -0.338. The lowest BCUT2D eigenvalue weighted by Gasteiger charge is -2.35. The van der Waals surface area contributed by atoms with Gasteiger partial charge >= 0.3 is 0 Å². The monoisotopic (exact) mass is 534 g/mol. The molecular weight excluding hydrogens is 508 g/mol. The van der Waals surface area contributed by atoms with E-state index in [1.54, 1.807) is 30.2 Å². The van der Waals surface area contributed by atoms with Crippen molar-refractivity contribution < 1.29 is 4.79 Å². The van der Waals surface area contributed by atoms with Gasteiger partial charge in [0.15, 0.2) is 16.5 Å². The van der Waals surface area contributed by atoms with Gasteiger partial charge in [-0.15, -0.1) is 5.10 Å². The van der Waals surface area contributed by atoms with Crippen molar-refractivity contribution in [1.82, 2.24) is 25.3 Å². The van der Waals surface area contributed by atoms with Gasteiger partial charge in [-0.25, -0.2) is 9.50 Å². The standard InChI is InChI=1S/C29H26N8OS/c1-18(32-29(38)26-27(30)35-37-15-7-14-31-28(26)37)24-16-21-9-6-8-20(12-13-25-34-33-19(2)39-25)23(21)17-36(24)22-10-4-3-5-11-22/h3-11,14-16,18-19,33H,17H2,1-2H3,(H2,30,35)(H,32,38). The molecule has 0 fully saturated rings. The first-order chi connectivity index (χ1) is 19.0. The zero-order valence-electron chi connectivity index (χ0n) is 21.4. The molecule has 4 N–H and O–H groups in total. The lowest BCUT2D eigenvalue weighted by molar-refractivity contribution is 0.0947. The summed E-state index contributed by atoms with van der Waals surface area (Å²) in [6.07, 6.45) is 5.45. The normalized spacial score (nSPS) is 16.9. The molecule has 2 aromatic heterocycles. The highest BCUT2D eigenvalue weighted by molar-refractivity contribution is 8.15. The molecule has 2 atom stereocenters. The zero-order valence-corrected chi connectivity index (χ0v) is 22.2. The van der Waals surface area contributed by atoms with Gasteiger partial charge in [0.25, 0.3) is 5.91 Å². The molecule has 4 heterocycles. The van der Waals surface area contributed by atoms with Crippen molar-refractivity contribution in [1.29, 1.82) is 0 Å². The van der Waals surface area contributed by atoms with Crippen LogP contribution in [-0.4, -0.2) is 37.0 Å². The number of rotatable bonds is 4. The molecule has 0 saturated heterocycles. The number of thioether (sulfide) groups is 1. The number of carbonyl (C=O) groups is 1. The molecule has 2 unspecified atom stereocenters. The van der Waals surface area contributed by atoms with Crippen LogP contribution < -0.4 is 21.4 Å². The molecule has 194 valence electrons. The summed E-state index contributed by atoms with van der Waals surface area (Å²) in [5, 5.41) is 12.6. The average Bonchev–Trinajstić information content (AvgIpc) is 3.52. The quantitative estimate of drug-likeness (QED) is 0.341. The highest BCUT2D eigenvalue weighted by Crippen LogP contribution is 2.33. The van der Waals surface area contributed by atoms with Crippen molar-refractivity contribution in [3.63, 3.8) is 0 Å². The lowest BCUT2D eigenvalue weighted by Crippen LogP contribution is -2.41. The van der Waals surface area contributed by atoms with Crippen LogP contribution in [0, 0.1) is 11.8 Å². The van der Waals surface area contributed by atoms with Crippen molar-refractivity contribution in [3.05, 3.63) is 94.9 Å². The Morgan fingerprint density at radius 1 is 1.18 bits per heavy atom. The van der Waals surface area contributed by atoms with Crippen LogP contribution >= 0.6 is 11.8 Å². The number of hydrogen-bond acceptors (Lipinski definition) is 8. The van der Waals surface area contributed by atoms with Crippen molar-refractivity contribution >= 4 is 45.9 Å². The van der Waals surface area contributed by atoms with Gasteiger partial charge in [0.2, 0.25) is 0 Å². The van der Waals surface area contributed by atoms with Gasteiger partial charge < -0.3 is 16.0 Å². The van der Waals surface area contributed by atoms with Crippen LogP contribution in [0.3, 0.4) is 0 Å². The minimum Gasteiger partial charge on any atom is -0.381 e. The molecule has 2 aliphatic heterocycles. The molecule has 0 radical (unpaired) electrons. The molecule has 39 heavy (non-hydrogen) atoms.